The van der Waals surface area contributed by atoms with Gasteiger partial charge >= 0.3 is 0 Å². The van der Waals surface area contributed by atoms with Crippen LogP contribution in [0.2, 0.25) is 0 Å². The number of nitrogens with zero attached hydrogens (tertiary/aromatic N) is 1. The first kappa shape index (κ1) is 19.8. The molecular weight excluding hydrogens is 364 g/mol. The lowest BCUT2D eigenvalue weighted by atomic mass is 9.81. The van der Waals surface area contributed by atoms with Crippen molar-refractivity contribution in [2.75, 3.05) is 39.5 Å². The maximum Gasteiger partial charge on any atom is 0.120 e. The number of nitriles is 1. The van der Waals surface area contributed by atoms with Crippen molar-refractivity contribution in [2.24, 2.45) is 11.8 Å². The van der Waals surface area contributed by atoms with E-state index in [1.165, 1.54) is 5.56 Å². The average molecular weight is 392 g/mol. The third kappa shape index (κ3) is 5.29. The van der Waals surface area contributed by atoms with Gasteiger partial charge in [-0.15, -0.1) is 0 Å². The molecule has 0 spiro atoms. The molecule has 2 aromatic carbocycles. The van der Waals surface area contributed by atoms with Crippen LogP contribution in [0.25, 0.3) is 0 Å². The van der Waals surface area contributed by atoms with E-state index in [1.54, 1.807) is 12.1 Å². The van der Waals surface area contributed by atoms with Crippen LogP contribution in [0, 0.1) is 23.2 Å². The highest BCUT2D eigenvalue weighted by atomic mass is 16.5. The summed E-state index contributed by atoms with van der Waals surface area (Å²) < 4.78 is 17.4. The van der Waals surface area contributed by atoms with Crippen molar-refractivity contribution in [1.29, 1.82) is 5.26 Å². The first-order chi connectivity index (χ1) is 14.3. The summed E-state index contributed by atoms with van der Waals surface area (Å²) in [5, 5.41) is 12.5. The zero-order chi connectivity index (χ0) is 19.9. The zero-order valence-corrected chi connectivity index (χ0v) is 16.7. The fourth-order valence-corrected chi connectivity index (χ4v) is 4.14. The molecule has 2 heterocycles. The first-order valence-corrected chi connectivity index (χ1v) is 10.5. The molecule has 4 rings (SSSR count). The molecule has 29 heavy (non-hydrogen) atoms. The minimum Gasteiger partial charge on any atom is -0.493 e. The fraction of sp³-hybridized carbons (Fsp3) is 0.458. The highest BCUT2D eigenvalue weighted by Gasteiger charge is 2.27. The third-order valence-corrected chi connectivity index (χ3v) is 5.85. The summed E-state index contributed by atoms with van der Waals surface area (Å²) in [5.74, 6) is 3.04. The summed E-state index contributed by atoms with van der Waals surface area (Å²) in [5.41, 5.74) is 1.96. The number of ether oxygens (including phenoxy) is 3. The average Bonchev–Trinajstić information content (AvgIpc) is 3.31. The fourth-order valence-electron chi connectivity index (χ4n) is 4.14. The van der Waals surface area contributed by atoms with E-state index in [-0.39, 0.29) is 0 Å². The molecule has 0 saturated carbocycles. The summed E-state index contributed by atoms with van der Waals surface area (Å²) in [4.78, 5) is 0. The molecule has 3 unspecified atom stereocenters. The SMILES string of the molecule is N#Cc1cccc(OCC2CNCCC2c2ccc(OCC3CCOC3)cc2)c1. The Morgan fingerprint density at radius 2 is 1.90 bits per heavy atom. The van der Waals surface area contributed by atoms with E-state index in [2.05, 4.69) is 35.7 Å². The van der Waals surface area contributed by atoms with Crippen LogP contribution in [0.5, 0.6) is 11.5 Å². The second kappa shape index (κ2) is 9.78. The quantitative estimate of drug-likeness (QED) is 0.778. The number of hydrogen-bond acceptors (Lipinski definition) is 5. The lowest BCUT2D eigenvalue weighted by Gasteiger charge is -2.32. The van der Waals surface area contributed by atoms with Crippen molar-refractivity contribution < 1.29 is 14.2 Å². The molecule has 152 valence electrons. The van der Waals surface area contributed by atoms with E-state index < -0.39 is 0 Å². The molecule has 0 amide bonds. The number of hydrogen-bond donors (Lipinski definition) is 1. The molecule has 1 N–H and O–H groups in total. The smallest absolute Gasteiger partial charge is 0.120 e. The summed E-state index contributed by atoms with van der Waals surface area (Å²) >= 11 is 0. The van der Waals surface area contributed by atoms with Crippen LogP contribution >= 0.6 is 0 Å². The Bertz CT molecular complexity index is 825. The molecule has 2 saturated heterocycles. The summed E-state index contributed by atoms with van der Waals surface area (Å²) in [7, 11) is 0. The van der Waals surface area contributed by atoms with E-state index in [0.717, 1.165) is 57.3 Å². The molecule has 5 nitrogen and oxygen atoms in total. The van der Waals surface area contributed by atoms with Gasteiger partial charge in [0.1, 0.15) is 11.5 Å². The van der Waals surface area contributed by atoms with Gasteiger partial charge in [-0.1, -0.05) is 18.2 Å². The van der Waals surface area contributed by atoms with E-state index >= 15 is 0 Å². The molecule has 2 aromatic rings. The largest absolute Gasteiger partial charge is 0.493 e. The first-order valence-electron chi connectivity index (χ1n) is 10.5. The highest BCUT2D eigenvalue weighted by Crippen LogP contribution is 2.32. The Morgan fingerprint density at radius 3 is 2.69 bits per heavy atom. The molecule has 3 atom stereocenters. The lowest BCUT2D eigenvalue weighted by molar-refractivity contribution is 0.167. The second-order valence-electron chi connectivity index (χ2n) is 7.92. The molecule has 0 radical (unpaired) electrons. The molecule has 2 fully saturated rings. The van der Waals surface area contributed by atoms with Crippen LogP contribution < -0.4 is 14.8 Å². The van der Waals surface area contributed by atoms with Crippen LogP contribution in [0.3, 0.4) is 0 Å². The number of benzene rings is 2. The molecule has 2 aliphatic rings. The molecular formula is C24H28N2O3. The van der Waals surface area contributed by atoms with E-state index in [0.29, 0.717) is 29.9 Å². The minimum atomic E-state index is 0.386. The maximum absolute atomic E-state index is 9.06. The van der Waals surface area contributed by atoms with Gasteiger partial charge in [0, 0.05) is 25.0 Å². The summed E-state index contributed by atoms with van der Waals surface area (Å²) in [6.45, 7) is 4.98. The van der Waals surface area contributed by atoms with Gasteiger partial charge in [0.2, 0.25) is 0 Å². The van der Waals surface area contributed by atoms with Crippen LogP contribution in [-0.4, -0.2) is 39.5 Å². The van der Waals surface area contributed by atoms with Crippen molar-refractivity contribution in [3.05, 3.63) is 59.7 Å². The van der Waals surface area contributed by atoms with Crippen molar-refractivity contribution >= 4 is 0 Å². The topological polar surface area (TPSA) is 63.5 Å². The third-order valence-electron chi connectivity index (χ3n) is 5.85. The second-order valence-corrected chi connectivity index (χ2v) is 7.92. The van der Waals surface area contributed by atoms with Gasteiger partial charge in [-0.25, -0.2) is 0 Å². The van der Waals surface area contributed by atoms with Gasteiger partial charge in [0.05, 0.1) is 31.5 Å². The monoisotopic (exact) mass is 392 g/mol. The zero-order valence-electron chi connectivity index (χ0n) is 16.7. The van der Waals surface area contributed by atoms with Gasteiger partial charge in [-0.3, -0.25) is 0 Å². The Labute approximate surface area is 172 Å². The van der Waals surface area contributed by atoms with Crippen LogP contribution in [-0.2, 0) is 4.74 Å². The van der Waals surface area contributed by atoms with E-state index in [4.69, 9.17) is 19.5 Å². The molecule has 0 aliphatic carbocycles. The molecule has 5 heteroatoms. The number of piperidine rings is 1. The molecule has 0 bridgehead atoms. The lowest BCUT2D eigenvalue weighted by Crippen LogP contribution is -2.38. The summed E-state index contributed by atoms with van der Waals surface area (Å²) in [6, 6.07) is 18.1. The van der Waals surface area contributed by atoms with Gasteiger partial charge in [-0.05, 0) is 61.2 Å². The van der Waals surface area contributed by atoms with Crippen molar-refractivity contribution in [2.45, 2.75) is 18.8 Å². The van der Waals surface area contributed by atoms with Gasteiger partial charge in [0.25, 0.3) is 0 Å². The van der Waals surface area contributed by atoms with Crippen LogP contribution in [0.1, 0.15) is 29.9 Å². The van der Waals surface area contributed by atoms with Crippen LogP contribution in [0.15, 0.2) is 48.5 Å². The minimum absolute atomic E-state index is 0.386. The van der Waals surface area contributed by atoms with Crippen molar-refractivity contribution in [1.82, 2.24) is 5.32 Å². The van der Waals surface area contributed by atoms with Gasteiger partial charge < -0.3 is 19.5 Å². The number of nitrogens with one attached hydrogen (secondary N) is 1. The summed E-state index contributed by atoms with van der Waals surface area (Å²) in [6.07, 6.45) is 2.18. The van der Waals surface area contributed by atoms with E-state index in [9.17, 15) is 0 Å². The van der Waals surface area contributed by atoms with Crippen LogP contribution in [0.4, 0.5) is 0 Å². The molecule has 2 aliphatic heterocycles. The predicted octanol–water partition coefficient (Wildman–Crippen LogP) is 3.75. The Hall–Kier alpha value is -2.55. The molecule has 0 aromatic heterocycles. The Balaban J connectivity index is 1.35. The Morgan fingerprint density at radius 1 is 1.03 bits per heavy atom. The standard InChI is InChI=1S/C24H28N2O3/c25-13-18-2-1-3-23(12-18)29-17-21-14-26-10-8-24(21)20-4-6-22(7-5-20)28-16-19-9-11-27-15-19/h1-7,12,19,21,24,26H,8-11,14-17H2. The van der Waals surface area contributed by atoms with Crippen molar-refractivity contribution in [3.8, 4) is 17.6 Å². The number of rotatable bonds is 7. The highest BCUT2D eigenvalue weighted by molar-refractivity contribution is 5.36. The predicted molar refractivity (Wildman–Crippen MR) is 111 cm³/mol. The van der Waals surface area contributed by atoms with Crippen molar-refractivity contribution in [3.63, 3.8) is 0 Å². The van der Waals surface area contributed by atoms with E-state index in [1.807, 2.05) is 12.1 Å². The van der Waals surface area contributed by atoms with Gasteiger partial charge in [-0.2, -0.15) is 5.26 Å². The van der Waals surface area contributed by atoms with Gasteiger partial charge in [0.15, 0.2) is 0 Å². The Kier molecular flexibility index (Phi) is 6.66. The maximum atomic E-state index is 9.06. The normalized spacial score (nSPS) is 24.0.